The first-order valence-electron chi connectivity index (χ1n) is 9.62. The zero-order valence-electron chi connectivity index (χ0n) is 14.9. The van der Waals surface area contributed by atoms with Crippen LogP contribution in [-0.2, 0) is 11.3 Å². The SMILES string of the molecule is O=C(CC1CCCC1)N1CCN(Cc2cccc3cccnc23)CC1. The number of fused-ring (bicyclic) bond motifs is 1. The molecule has 1 amide bonds. The van der Waals surface area contributed by atoms with E-state index in [-0.39, 0.29) is 0 Å². The van der Waals surface area contributed by atoms with Crippen molar-refractivity contribution in [2.45, 2.75) is 38.6 Å². The normalized spacial score (nSPS) is 19.6. The van der Waals surface area contributed by atoms with E-state index in [0.717, 1.165) is 44.7 Å². The van der Waals surface area contributed by atoms with Gasteiger partial charge in [0.05, 0.1) is 5.52 Å². The van der Waals surface area contributed by atoms with Gasteiger partial charge in [0.2, 0.25) is 5.91 Å². The molecule has 1 saturated carbocycles. The molecule has 0 radical (unpaired) electrons. The number of carbonyl (C=O) groups is 1. The summed E-state index contributed by atoms with van der Waals surface area (Å²) >= 11 is 0. The van der Waals surface area contributed by atoms with E-state index in [1.165, 1.54) is 36.6 Å². The van der Waals surface area contributed by atoms with Crippen LogP contribution in [0.15, 0.2) is 36.5 Å². The van der Waals surface area contributed by atoms with Gasteiger partial charge < -0.3 is 4.90 Å². The lowest BCUT2D eigenvalue weighted by molar-refractivity contribution is -0.134. The molecule has 4 nitrogen and oxygen atoms in total. The minimum atomic E-state index is 0.373. The number of piperazine rings is 1. The second-order valence-corrected chi connectivity index (χ2v) is 7.50. The molecule has 2 aliphatic rings. The molecule has 4 rings (SSSR count). The monoisotopic (exact) mass is 337 g/mol. The lowest BCUT2D eigenvalue weighted by Gasteiger charge is -2.35. The maximum Gasteiger partial charge on any atom is 0.222 e. The number of carbonyl (C=O) groups excluding carboxylic acids is 1. The summed E-state index contributed by atoms with van der Waals surface area (Å²) in [6.45, 7) is 4.56. The summed E-state index contributed by atoms with van der Waals surface area (Å²) in [5.41, 5.74) is 2.38. The molecule has 1 aliphatic heterocycles. The van der Waals surface area contributed by atoms with Crippen LogP contribution < -0.4 is 0 Å². The summed E-state index contributed by atoms with van der Waals surface area (Å²) in [5.74, 6) is 1.02. The van der Waals surface area contributed by atoms with Gasteiger partial charge in [-0.3, -0.25) is 14.7 Å². The summed E-state index contributed by atoms with van der Waals surface area (Å²) in [5, 5.41) is 1.20. The molecule has 0 bridgehead atoms. The fourth-order valence-corrected chi connectivity index (χ4v) is 4.28. The van der Waals surface area contributed by atoms with Gasteiger partial charge in [-0.2, -0.15) is 0 Å². The van der Waals surface area contributed by atoms with Gasteiger partial charge >= 0.3 is 0 Å². The maximum atomic E-state index is 12.5. The minimum Gasteiger partial charge on any atom is -0.340 e. The van der Waals surface area contributed by atoms with Gasteiger partial charge in [-0.15, -0.1) is 0 Å². The molecular weight excluding hydrogens is 310 g/mol. The second kappa shape index (κ2) is 7.52. The van der Waals surface area contributed by atoms with Crippen molar-refractivity contribution in [2.75, 3.05) is 26.2 Å². The van der Waals surface area contributed by atoms with Gasteiger partial charge in [0.1, 0.15) is 0 Å². The van der Waals surface area contributed by atoms with E-state index >= 15 is 0 Å². The van der Waals surface area contributed by atoms with Crippen molar-refractivity contribution in [3.8, 4) is 0 Å². The van der Waals surface area contributed by atoms with E-state index in [4.69, 9.17) is 0 Å². The molecule has 1 saturated heterocycles. The summed E-state index contributed by atoms with van der Waals surface area (Å²) < 4.78 is 0. The number of aromatic nitrogens is 1. The van der Waals surface area contributed by atoms with Crippen molar-refractivity contribution in [2.24, 2.45) is 5.92 Å². The second-order valence-electron chi connectivity index (χ2n) is 7.50. The van der Waals surface area contributed by atoms with Gasteiger partial charge in [0.25, 0.3) is 0 Å². The molecule has 4 heteroatoms. The molecule has 1 aromatic heterocycles. The maximum absolute atomic E-state index is 12.5. The summed E-state index contributed by atoms with van der Waals surface area (Å²) in [6, 6.07) is 10.5. The van der Waals surface area contributed by atoms with Crippen LogP contribution in [0.2, 0.25) is 0 Å². The highest BCUT2D eigenvalue weighted by molar-refractivity contribution is 5.81. The summed E-state index contributed by atoms with van der Waals surface area (Å²) in [6.07, 6.45) is 7.76. The van der Waals surface area contributed by atoms with E-state index in [9.17, 15) is 4.79 Å². The van der Waals surface area contributed by atoms with Crippen LogP contribution in [0.5, 0.6) is 0 Å². The van der Waals surface area contributed by atoms with Crippen molar-refractivity contribution in [1.82, 2.24) is 14.8 Å². The van der Waals surface area contributed by atoms with Crippen LogP contribution in [-0.4, -0.2) is 46.9 Å². The highest BCUT2D eigenvalue weighted by atomic mass is 16.2. The van der Waals surface area contributed by atoms with Crippen LogP contribution in [0.3, 0.4) is 0 Å². The number of benzene rings is 1. The molecular formula is C21H27N3O. The first kappa shape index (κ1) is 16.5. The smallest absolute Gasteiger partial charge is 0.222 e. The van der Waals surface area contributed by atoms with Crippen molar-refractivity contribution < 1.29 is 4.79 Å². The average molecular weight is 337 g/mol. The molecule has 1 aliphatic carbocycles. The highest BCUT2D eigenvalue weighted by Gasteiger charge is 2.25. The standard InChI is InChI=1S/C21H27N3O/c25-20(15-17-5-1-2-6-17)24-13-11-23(12-14-24)16-19-8-3-7-18-9-4-10-22-21(18)19/h3-4,7-10,17H,1-2,5-6,11-16H2. The minimum absolute atomic E-state index is 0.373. The third-order valence-electron chi connectivity index (χ3n) is 5.77. The number of nitrogens with zero attached hydrogens (tertiary/aromatic N) is 3. The fraction of sp³-hybridized carbons (Fsp3) is 0.524. The van der Waals surface area contributed by atoms with E-state index in [0.29, 0.717) is 11.8 Å². The fourth-order valence-electron chi connectivity index (χ4n) is 4.28. The van der Waals surface area contributed by atoms with E-state index in [2.05, 4.69) is 39.0 Å². The molecule has 2 fully saturated rings. The molecule has 25 heavy (non-hydrogen) atoms. The Morgan fingerprint density at radius 2 is 1.80 bits per heavy atom. The lowest BCUT2D eigenvalue weighted by Crippen LogP contribution is -2.48. The Kier molecular flexibility index (Phi) is 4.97. The van der Waals surface area contributed by atoms with Gasteiger partial charge in [-0.05, 0) is 30.4 Å². The predicted molar refractivity (Wildman–Crippen MR) is 100 cm³/mol. The van der Waals surface area contributed by atoms with Crippen molar-refractivity contribution in [1.29, 1.82) is 0 Å². The van der Waals surface area contributed by atoms with Crippen LogP contribution in [0, 0.1) is 5.92 Å². The van der Waals surface area contributed by atoms with E-state index in [1.807, 2.05) is 12.3 Å². The Labute approximate surface area is 149 Å². The zero-order chi connectivity index (χ0) is 17.1. The van der Waals surface area contributed by atoms with Crippen LogP contribution in [0.1, 0.15) is 37.7 Å². The van der Waals surface area contributed by atoms with Crippen molar-refractivity contribution in [3.63, 3.8) is 0 Å². The van der Waals surface area contributed by atoms with Gasteiger partial charge in [-0.1, -0.05) is 37.1 Å². The Balaban J connectivity index is 1.33. The first-order chi connectivity index (χ1) is 12.3. The topological polar surface area (TPSA) is 36.4 Å². The van der Waals surface area contributed by atoms with E-state index < -0.39 is 0 Å². The Hall–Kier alpha value is -1.94. The molecule has 2 heterocycles. The number of rotatable bonds is 4. The molecule has 0 atom stereocenters. The number of para-hydroxylation sites is 1. The van der Waals surface area contributed by atoms with Crippen molar-refractivity contribution in [3.05, 3.63) is 42.1 Å². The van der Waals surface area contributed by atoms with Crippen LogP contribution >= 0.6 is 0 Å². The Bertz CT molecular complexity index is 726. The zero-order valence-corrected chi connectivity index (χ0v) is 14.9. The molecule has 0 N–H and O–H groups in total. The van der Waals surface area contributed by atoms with Crippen LogP contribution in [0.25, 0.3) is 10.9 Å². The molecule has 0 spiro atoms. The number of hydrogen-bond acceptors (Lipinski definition) is 3. The van der Waals surface area contributed by atoms with Gasteiger partial charge in [-0.25, -0.2) is 0 Å². The Morgan fingerprint density at radius 1 is 1.04 bits per heavy atom. The number of hydrogen-bond donors (Lipinski definition) is 0. The summed E-state index contributed by atoms with van der Waals surface area (Å²) in [7, 11) is 0. The third-order valence-corrected chi connectivity index (χ3v) is 5.77. The molecule has 132 valence electrons. The largest absolute Gasteiger partial charge is 0.340 e. The Morgan fingerprint density at radius 3 is 2.60 bits per heavy atom. The lowest BCUT2D eigenvalue weighted by atomic mass is 10.0. The quantitative estimate of drug-likeness (QED) is 0.857. The van der Waals surface area contributed by atoms with Gasteiger partial charge in [0.15, 0.2) is 0 Å². The first-order valence-corrected chi connectivity index (χ1v) is 9.62. The molecule has 0 unspecified atom stereocenters. The molecule has 1 aromatic carbocycles. The van der Waals surface area contributed by atoms with Gasteiger partial charge in [0, 0.05) is 50.7 Å². The van der Waals surface area contributed by atoms with Crippen LogP contribution in [0.4, 0.5) is 0 Å². The highest BCUT2D eigenvalue weighted by Crippen LogP contribution is 2.28. The number of pyridine rings is 1. The molecule has 2 aromatic rings. The average Bonchev–Trinajstić information content (AvgIpc) is 3.16. The van der Waals surface area contributed by atoms with Crippen molar-refractivity contribution >= 4 is 16.8 Å². The van der Waals surface area contributed by atoms with E-state index in [1.54, 1.807) is 0 Å². The third kappa shape index (κ3) is 3.84. The predicted octanol–water partition coefficient (Wildman–Crippen LogP) is 3.46. The summed E-state index contributed by atoms with van der Waals surface area (Å²) in [4.78, 5) is 21.6. The number of amides is 1.